The molecule has 72 valence electrons. The van der Waals surface area contributed by atoms with Crippen molar-refractivity contribution in [3.05, 3.63) is 44.6 Å². The maximum Gasteiger partial charge on any atom is 0.234 e. The average molecular weight is 290 g/mol. The van der Waals surface area contributed by atoms with Crippen LogP contribution in [0, 0.1) is 0 Å². The standard InChI is InChI=1S/C9H6BrClN2S/c10-7-3-1-6(2-4-7)5-8-12-9(11)13-14-8/h1-4H,5H2. The van der Waals surface area contributed by atoms with E-state index in [4.69, 9.17) is 11.6 Å². The first-order valence-corrected chi connectivity index (χ1v) is 5.91. The Morgan fingerprint density at radius 2 is 2.00 bits per heavy atom. The molecule has 2 rings (SSSR count). The molecule has 0 aliphatic carbocycles. The highest BCUT2D eigenvalue weighted by atomic mass is 79.9. The van der Waals surface area contributed by atoms with E-state index in [1.807, 2.05) is 12.1 Å². The molecule has 5 heteroatoms. The number of rotatable bonds is 2. The summed E-state index contributed by atoms with van der Waals surface area (Å²) in [5.74, 6) is 0. The van der Waals surface area contributed by atoms with Gasteiger partial charge in [-0.1, -0.05) is 28.1 Å². The van der Waals surface area contributed by atoms with Crippen LogP contribution >= 0.6 is 39.1 Å². The molecule has 0 unspecified atom stereocenters. The first-order valence-electron chi connectivity index (χ1n) is 3.96. The third kappa shape index (κ3) is 2.53. The van der Waals surface area contributed by atoms with Gasteiger partial charge in [0.2, 0.25) is 5.28 Å². The second-order valence-corrected chi connectivity index (χ2v) is 4.85. The molecule has 1 aromatic heterocycles. The largest absolute Gasteiger partial charge is 0.234 e. The Morgan fingerprint density at radius 1 is 1.29 bits per heavy atom. The Kier molecular flexibility index (Phi) is 3.15. The highest BCUT2D eigenvalue weighted by Gasteiger charge is 2.02. The monoisotopic (exact) mass is 288 g/mol. The van der Waals surface area contributed by atoms with Crippen molar-refractivity contribution in [3.63, 3.8) is 0 Å². The van der Waals surface area contributed by atoms with Gasteiger partial charge in [-0.05, 0) is 40.8 Å². The molecule has 1 aromatic carbocycles. The minimum Gasteiger partial charge on any atom is -0.209 e. The zero-order valence-electron chi connectivity index (χ0n) is 7.08. The van der Waals surface area contributed by atoms with Gasteiger partial charge in [-0.3, -0.25) is 0 Å². The quantitative estimate of drug-likeness (QED) is 0.845. The molecule has 0 amide bonds. The highest BCUT2D eigenvalue weighted by molar-refractivity contribution is 9.10. The Bertz CT molecular complexity index is 427. The summed E-state index contributed by atoms with van der Waals surface area (Å²) in [7, 11) is 0. The van der Waals surface area contributed by atoms with Crippen molar-refractivity contribution in [2.75, 3.05) is 0 Å². The molecule has 0 aliphatic rings. The predicted octanol–water partition coefficient (Wildman–Crippen LogP) is 3.54. The fraction of sp³-hybridized carbons (Fsp3) is 0.111. The fourth-order valence-electron chi connectivity index (χ4n) is 1.08. The fourth-order valence-corrected chi connectivity index (χ4v) is 2.18. The van der Waals surface area contributed by atoms with E-state index in [1.54, 1.807) is 0 Å². The topological polar surface area (TPSA) is 25.8 Å². The van der Waals surface area contributed by atoms with E-state index in [-0.39, 0.29) is 0 Å². The lowest BCUT2D eigenvalue weighted by atomic mass is 10.2. The summed E-state index contributed by atoms with van der Waals surface area (Å²) in [6.45, 7) is 0. The van der Waals surface area contributed by atoms with Crippen LogP contribution in [0.4, 0.5) is 0 Å². The van der Waals surface area contributed by atoms with Crippen LogP contribution in [0.3, 0.4) is 0 Å². The smallest absolute Gasteiger partial charge is 0.209 e. The van der Waals surface area contributed by atoms with Crippen molar-refractivity contribution in [3.8, 4) is 0 Å². The van der Waals surface area contributed by atoms with Gasteiger partial charge >= 0.3 is 0 Å². The minimum absolute atomic E-state index is 0.335. The zero-order chi connectivity index (χ0) is 9.97. The summed E-state index contributed by atoms with van der Waals surface area (Å²) in [4.78, 5) is 4.09. The molecular weight excluding hydrogens is 284 g/mol. The van der Waals surface area contributed by atoms with Gasteiger partial charge in [0.05, 0.1) is 0 Å². The maximum atomic E-state index is 5.63. The van der Waals surface area contributed by atoms with Crippen LogP contribution in [-0.4, -0.2) is 9.36 Å². The molecule has 0 aliphatic heterocycles. The Labute approximate surface area is 99.2 Å². The van der Waals surface area contributed by atoms with Crippen LogP contribution in [-0.2, 0) is 6.42 Å². The van der Waals surface area contributed by atoms with E-state index in [2.05, 4.69) is 37.4 Å². The van der Waals surface area contributed by atoms with Crippen molar-refractivity contribution in [1.29, 1.82) is 0 Å². The van der Waals surface area contributed by atoms with E-state index in [0.29, 0.717) is 5.28 Å². The number of halogens is 2. The summed E-state index contributed by atoms with van der Waals surface area (Å²) in [6.07, 6.45) is 0.789. The van der Waals surface area contributed by atoms with Crippen LogP contribution in [0.15, 0.2) is 28.7 Å². The van der Waals surface area contributed by atoms with E-state index >= 15 is 0 Å². The molecule has 0 radical (unpaired) electrons. The van der Waals surface area contributed by atoms with Gasteiger partial charge in [-0.15, -0.1) is 0 Å². The second kappa shape index (κ2) is 4.38. The predicted molar refractivity (Wildman–Crippen MR) is 61.9 cm³/mol. The van der Waals surface area contributed by atoms with E-state index < -0.39 is 0 Å². The van der Waals surface area contributed by atoms with Gasteiger partial charge in [0, 0.05) is 10.9 Å². The molecule has 0 bridgehead atoms. The lowest BCUT2D eigenvalue weighted by Crippen LogP contribution is -1.85. The normalized spacial score (nSPS) is 10.4. The van der Waals surface area contributed by atoms with E-state index in [1.165, 1.54) is 17.1 Å². The Morgan fingerprint density at radius 3 is 2.57 bits per heavy atom. The molecule has 2 aromatic rings. The first-order chi connectivity index (χ1) is 6.74. The van der Waals surface area contributed by atoms with Gasteiger partial charge in [0.1, 0.15) is 5.01 Å². The van der Waals surface area contributed by atoms with Crippen LogP contribution < -0.4 is 0 Å². The van der Waals surface area contributed by atoms with Gasteiger partial charge in [0.25, 0.3) is 0 Å². The zero-order valence-corrected chi connectivity index (χ0v) is 10.2. The number of hydrogen-bond donors (Lipinski definition) is 0. The van der Waals surface area contributed by atoms with Crippen molar-refractivity contribution >= 4 is 39.1 Å². The number of hydrogen-bond acceptors (Lipinski definition) is 3. The maximum absolute atomic E-state index is 5.63. The summed E-state index contributed by atoms with van der Waals surface area (Å²) >= 11 is 10.4. The molecule has 14 heavy (non-hydrogen) atoms. The summed E-state index contributed by atoms with van der Waals surface area (Å²) in [5.41, 5.74) is 1.21. The van der Waals surface area contributed by atoms with E-state index in [0.717, 1.165) is 15.9 Å². The molecule has 0 N–H and O–H groups in total. The van der Waals surface area contributed by atoms with Crippen LogP contribution in [0.25, 0.3) is 0 Å². The molecule has 0 atom stereocenters. The summed E-state index contributed by atoms with van der Waals surface area (Å²) in [5, 5.41) is 1.28. The van der Waals surface area contributed by atoms with Crippen molar-refractivity contribution in [1.82, 2.24) is 9.36 Å². The molecule has 1 heterocycles. The number of benzene rings is 1. The SMILES string of the molecule is Clc1nsc(Cc2ccc(Br)cc2)n1. The minimum atomic E-state index is 0.335. The van der Waals surface area contributed by atoms with Gasteiger partial charge < -0.3 is 0 Å². The third-order valence-electron chi connectivity index (χ3n) is 1.71. The third-order valence-corrected chi connectivity index (χ3v) is 3.22. The molecule has 0 saturated carbocycles. The first kappa shape index (κ1) is 10.1. The van der Waals surface area contributed by atoms with Crippen LogP contribution in [0.5, 0.6) is 0 Å². The molecule has 0 spiro atoms. The summed E-state index contributed by atoms with van der Waals surface area (Å²) < 4.78 is 5.00. The van der Waals surface area contributed by atoms with Crippen molar-refractivity contribution in [2.45, 2.75) is 6.42 Å². The van der Waals surface area contributed by atoms with Crippen LogP contribution in [0.1, 0.15) is 10.6 Å². The highest BCUT2D eigenvalue weighted by Crippen LogP contribution is 2.16. The lowest BCUT2D eigenvalue weighted by Gasteiger charge is -1.96. The Balaban J connectivity index is 2.15. The molecule has 2 nitrogen and oxygen atoms in total. The second-order valence-electron chi connectivity index (χ2n) is 2.76. The van der Waals surface area contributed by atoms with Crippen molar-refractivity contribution < 1.29 is 0 Å². The number of nitrogens with zero attached hydrogens (tertiary/aromatic N) is 2. The average Bonchev–Trinajstić information content (AvgIpc) is 2.56. The molecule has 0 saturated heterocycles. The lowest BCUT2D eigenvalue weighted by molar-refractivity contribution is 1.13. The molecular formula is C9H6BrClN2S. The van der Waals surface area contributed by atoms with Gasteiger partial charge in [-0.2, -0.15) is 4.37 Å². The van der Waals surface area contributed by atoms with E-state index in [9.17, 15) is 0 Å². The van der Waals surface area contributed by atoms with Crippen molar-refractivity contribution in [2.24, 2.45) is 0 Å². The molecule has 0 fully saturated rings. The Hall–Kier alpha value is -0.450. The number of aromatic nitrogens is 2. The van der Waals surface area contributed by atoms with Gasteiger partial charge in [0.15, 0.2) is 0 Å². The summed E-state index contributed by atoms with van der Waals surface area (Å²) in [6, 6.07) is 8.13. The van der Waals surface area contributed by atoms with Crippen LogP contribution in [0.2, 0.25) is 5.28 Å². The van der Waals surface area contributed by atoms with Gasteiger partial charge in [-0.25, -0.2) is 4.98 Å².